The maximum Gasteiger partial charge on any atom is 0.119 e. The van der Waals surface area contributed by atoms with Crippen molar-refractivity contribution in [3.8, 4) is 5.75 Å². The fourth-order valence-corrected chi connectivity index (χ4v) is 1.70. The third-order valence-electron chi connectivity index (χ3n) is 2.45. The highest BCUT2D eigenvalue weighted by Crippen LogP contribution is 2.29. The van der Waals surface area contributed by atoms with Crippen molar-refractivity contribution in [3.63, 3.8) is 0 Å². The van der Waals surface area contributed by atoms with Gasteiger partial charge in [0.1, 0.15) is 5.75 Å². The molecule has 2 rings (SSSR count). The van der Waals surface area contributed by atoms with Crippen molar-refractivity contribution in [2.75, 3.05) is 13.7 Å². The Bertz CT molecular complexity index is 355. The summed E-state index contributed by atoms with van der Waals surface area (Å²) in [5, 5.41) is 0. The van der Waals surface area contributed by atoms with Gasteiger partial charge in [-0.3, -0.25) is 0 Å². The highest BCUT2D eigenvalue weighted by atomic mass is 16.5. The molecule has 0 unspecified atom stereocenters. The fraction of sp³-hybridized carbons (Fsp3) is 0.273. The molecule has 0 atom stereocenters. The van der Waals surface area contributed by atoms with E-state index in [2.05, 4.69) is 18.2 Å². The Morgan fingerprint density at radius 3 is 3.00 bits per heavy atom. The molecule has 0 aromatic heterocycles. The van der Waals surface area contributed by atoms with Crippen LogP contribution in [0.1, 0.15) is 11.1 Å². The Balaban J connectivity index is 2.44. The summed E-state index contributed by atoms with van der Waals surface area (Å²) in [4.78, 5) is 0. The summed E-state index contributed by atoms with van der Waals surface area (Å²) in [5.74, 6) is 0.903. The molecule has 0 bridgehead atoms. The number of rotatable bonds is 2. The minimum absolute atomic E-state index is 0.611. The number of ether oxygens (including phenoxy) is 1. The molecule has 0 saturated heterocycles. The van der Waals surface area contributed by atoms with Gasteiger partial charge in [0.15, 0.2) is 0 Å². The molecule has 1 aliphatic rings. The summed E-state index contributed by atoms with van der Waals surface area (Å²) in [7, 11) is 1.68. The lowest BCUT2D eigenvalue weighted by atomic mass is 10.1. The summed E-state index contributed by atoms with van der Waals surface area (Å²) in [6.45, 7) is 0.611. The fourth-order valence-electron chi connectivity index (χ4n) is 1.70. The first-order valence-corrected chi connectivity index (χ1v) is 4.41. The van der Waals surface area contributed by atoms with Crippen molar-refractivity contribution in [1.82, 2.24) is 0 Å². The van der Waals surface area contributed by atoms with Gasteiger partial charge in [-0.1, -0.05) is 12.1 Å². The quantitative estimate of drug-likeness (QED) is 0.740. The topological polar surface area (TPSA) is 35.2 Å². The van der Waals surface area contributed by atoms with Crippen molar-refractivity contribution in [2.24, 2.45) is 5.73 Å². The molecular formula is C11H13NO. The molecule has 0 radical (unpaired) electrons. The molecule has 0 fully saturated rings. The lowest BCUT2D eigenvalue weighted by Gasteiger charge is -2.05. The van der Waals surface area contributed by atoms with Crippen molar-refractivity contribution in [2.45, 2.75) is 6.42 Å². The van der Waals surface area contributed by atoms with Crippen LogP contribution in [0.4, 0.5) is 0 Å². The van der Waals surface area contributed by atoms with Crippen LogP contribution in [0.3, 0.4) is 0 Å². The third kappa shape index (κ3) is 1.33. The zero-order valence-electron chi connectivity index (χ0n) is 7.71. The van der Waals surface area contributed by atoms with E-state index in [4.69, 9.17) is 10.5 Å². The number of fused-ring (bicyclic) bond motifs is 1. The molecule has 2 heteroatoms. The Morgan fingerprint density at radius 1 is 1.46 bits per heavy atom. The minimum atomic E-state index is 0.611. The molecule has 0 aliphatic heterocycles. The average Bonchev–Trinajstić information content (AvgIpc) is 2.59. The zero-order chi connectivity index (χ0) is 9.26. The lowest BCUT2D eigenvalue weighted by Crippen LogP contribution is -2.00. The van der Waals surface area contributed by atoms with Gasteiger partial charge in [-0.15, -0.1) is 0 Å². The van der Waals surface area contributed by atoms with Crippen molar-refractivity contribution >= 4 is 5.57 Å². The first kappa shape index (κ1) is 8.32. The minimum Gasteiger partial charge on any atom is -0.497 e. The number of nitrogens with two attached hydrogens (primary N) is 1. The smallest absolute Gasteiger partial charge is 0.119 e. The maximum atomic E-state index is 5.63. The van der Waals surface area contributed by atoms with Crippen LogP contribution in [-0.4, -0.2) is 13.7 Å². The van der Waals surface area contributed by atoms with E-state index in [-0.39, 0.29) is 0 Å². The van der Waals surface area contributed by atoms with E-state index in [1.807, 2.05) is 6.07 Å². The van der Waals surface area contributed by atoms with Gasteiger partial charge in [-0.2, -0.15) is 0 Å². The van der Waals surface area contributed by atoms with Gasteiger partial charge in [0.2, 0.25) is 0 Å². The molecular weight excluding hydrogens is 162 g/mol. The van der Waals surface area contributed by atoms with Gasteiger partial charge in [-0.25, -0.2) is 0 Å². The van der Waals surface area contributed by atoms with Crippen LogP contribution in [0, 0.1) is 0 Å². The second kappa shape index (κ2) is 3.23. The number of allylic oxidation sites excluding steroid dienone is 1. The number of hydrogen-bond acceptors (Lipinski definition) is 2. The van der Waals surface area contributed by atoms with Gasteiger partial charge >= 0.3 is 0 Å². The van der Waals surface area contributed by atoms with Crippen LogP contribution in [0.2, 0.25) is 0 Å². The third-order valence-corrected chi connectivity index (χ3v) is 2.45. The molecule has 0 heterocycles. The van der Waals surface area contributed by atoms with E-state index in [1.54, 1.807) is 7.11 Å². The summed E-state index contributed by atoms with van der Waals surface area (Å²) in [6.07, 6.45) is 3.19. The van der Waals surface area contributed by atoms with Crippen LogP contribution in [0.5, 0.6) is 5.75 Å². The van der Waals surface area contributed by atoms with Gasteiger partial charge in [0, 0.05) is 6.54 Å². The molecule has 2 N–H and O–H groups in total. The van der Waals surface area contributed by atoms with Gasteiger partial charge in [0.05, 0.1) is 7.11 Å². The Labute approximate surface area is 78.0 Å². The largest absolute Gasteiger partial charge is 0.497 e. The molecule has 1 aliphatic carbocycles. The Morgan fingerprint density at radius 2 is 2.31 bits per heavy atom. The van der Waals surface area contributed by atoms with Crippen LogP contribution >= 0.6 is 0 Å². The van der Waals surface area contributed by atoms with Crippen molar-refractivity contribution in [3.05, 3.63) is 35.4 Å². The highest BCUT2D eigenvalue weighted by Gasteiger charge is 2.12. The summed E-state index contributed by atoms with van der Waals surface area (Å²) in [6, 6.07) is 6.15. The molecule has 0 amide bonds. The standard InChI is InChI=1S/C11H13NO/c1-13-10-5-4-8-2-3-9(7-12)11(8)6-10/h3-6H,2,7,12H2,1H3. The molecule has 2 nitrogen and oxygen atoms in total. The van der Waals surface area contributed by atoms with Crippen LogP contribution < -0.4 is 10.5 Å². The van der Waals surface area contributed by atoms with Gasteiger partial charge in [0.25, 0.3) is 0 Å². The SMILES string of the molecule is COc1ccc2c(c1)C(CN)=CC2. The van der Waals surface area contributed by atoms with Gasteiger partial charge < -0.3 is 10.5 Å². The molecule has 68 valence electrons. The molecule has 1 aromatic carbocycles. The Hall–Kier alpha value is -1.28. The van der Waals surface area contributed by atoms with E-state index in [0.29, 0.717) is 6.54 Å². The van der Waals surface area contributed by atoms with Crippen LogP contribution in [0.15, 0.2) is 24.3 Å². The summed E-state index contributed by atoms with van der Waals surface area (Å²) < 4.78 is 5.16. The first-order valence-electron chi connectivity index (χ1n) is 4.41. The molecule has 13 heavy (non-hydrogen) atoms. The molecule has 0 spiro atoms. The molecule has 1 aromatic rings. The maximum absolute atomic E-state index is 5.63. The summed E-state index contributed by atoms with van der Waals surface area (Å²) >= 11 is 0. The van der Waals surface area contributed by atoms with Crippen molar-refractivity contribution in [1.29, 1.82) is 0 Å². The monoisotopic (exact) mass is 175 g/mol. The first-order chi connectivity index (χ1) is 6.35. The Kier molecular flexibility index (Phi) is 2.07. The van der Waals surface area contributed by atoms with Gasteiger partial charge in [-0.05, 0) is 35.3 Å². The van der Waals surface area contributed by atoms with Crippen molar-refractivity contribution < 1.29 is 4.74 Å². The van der Waals surface area contributed by atoms with E-state index < -0.39 is 0 Å². The highest BCUT2D eigenvalue weighted by molar-refractivity contribution is 5.74. The van der Waals surface area contributed by atoms with E-state index >= 15 is 0 Å². The number of benzene rings is 1. The average molecular weight is 175 g/mol. The van der Waals surface area contributed by atoms with Crippen LogP contribution in [0.25, 0.3) is 5.57 Å². The summed E-state index contributed by atoms with van der Waals surface area (Å²) in [5.41, 5.74) is 9.46. The lowest BCUT2D eigenvalue weighted by molar-refractivity contribution is 0.414. The van der Waals surface area contributed by atoms with E-state index in [0.717, 1.165) is 12.2 Å². The van der Waals surface area contributed by atoms with Crippen LogP contribution in [-0.2, 0) is 6.42 Å². The second-order valence-electron chi connectivity index (χ2n) is 3.16. The predicted octanol–water partition coefficient (Wildman–Crippen LogP) is 1.59. The molecule has 0 saturated carbocycles. The number of hydrogen-bond donors (Lipinski definition) is 1. The predicted molar refractivity (Wildman–Crippen MR) is 53.7 cm³/mol. The van der Waals surface area contributed by atoms with E-state index in [9.17, 15) is 0 Å². The zero-order valence-corrected chi connectivity index (χ0v) is 7.71. The van der Waals surface area contributed by atoms with E-state index in [1.165, 1.54) is 16.7 Å². The second-order valence-corrected chi connectivity index (χ2v) is 3.16. The normalized spacial score (nSPS) is 13.8. The number of methoxy groups -OCH3 is 1.